The highest BCUT2D eigenvalue weighted by Crippen LogP contribution is 2.48. The van der Waals surface area contributed by atoms with Gasteiger partial charge in [0.1, 0.15) is 0 Å². The Hall–Kier alpha value is -2.39. The molecule has 5 rings (SSSR count). The van der Waals surface area contributed by atoms with E-state index in [1.807, 2.05) is 0 Å². The first-order chi connectivity index (χ1) is 13.0. The zero-order chi connectivity index (χ0) is 18.9. The predicted octanol–water partition coefficient (Wildman–Crippen LogP) is 6.39. The van der Waals surface area contributed by atoms with Crippen molar-refractivity contribution in [1.29, 1.82) is 0 Å². The molecule has 2 aliphatic carbocycles. The molecule has 2 atom stereocenters. The molecule has 0 radical (unpaired) electrons. The van der Waals surface area contributed by atoms with Gasteiger partial charge in [-0.15, -0.1) is 0 Å². The SMILES string of the molecule is C=C1CCC2=C(C=C3c4[nH]c5c(c(=S)c4CN3C2=C)C=CC(C)C=C5)C1C. The lowest BCUT2D eigenvalue weighted by Gasteiger charge is -2.36. The summed E-state index contributed by atoms with van der Waals surface area (Å²) in [6.45, 7) is 14.0. The van der Waals surface area contributed by atoms with Gasteiger partial charge in [0.15, 0.2) is 0 Å². The van der Waals surface area contributed by atoms with Crippen LogP contribution in [0.15, 0.2) is 53.8 Å². The normalized spacial score (nSPS) is 25.7. The van der Waals surface area contributed by atoms with Gasteiger partial charge in [-0.1, -0.05) is 63.0 Å². The molecule has 1 aromatic rings. The van der Waals surface area contributed by atoms with E-state index in [1.54, 1.807) is 0 Å². The Labute approximate surface area is 166 Å². The van der Waals surface area contributed by atoms with Crippen LogP contribution in [0.2, 0.25) is 0 Å². The van der Waals surface area contributed by atoms with Crippen LogP contribution in [-0.4, -0.2) is 9.88 Å². The van der Waals surface area contributed by atoms with Crippen LogP contribution >= 0.6 is 12.2 Å². The van der Waals surface area contributed by atoms with E-state index in [0.29, 0.717) is 11.8 Å². The Morgan fingerprint density at radius 3 is 2.74 bits per heavy atom. The lowest BCUT2D eigenvalue weighted by molar-refractivity contribution is 0.495. The first kappa shape index (κ1) is 16.8. The molecule has 0 fully saturated rings. The lowest BCUT2D eigenvalue weighted by atomic mass is 9.78. The number of rotatable bonds is 0. The number of pyridine rings is 1. The van der Waals surface area contributed by atoms with Gasteiger partial charge in [-0.3, -0.25) is 0 Å². The fraction of sp³-hybridized carbons (Fsp3) is 0.292. The number of hydrogen-bond acceptors (Lipinski definition) is 2. The van der Waals surface area contributed by atoms with Crippen LogP contribution < -0.4 is 0 Å². The summed E-state index contributed by atoms with van der Waals surface area (Å²) in [5, 5.41) is 0. The largest absolute Gasteiger partial charge is 0.353 e. The van der Waals surface area contributed by atoms with Crippen LogP contribution in [0.4, 0.5) is 0 Å². The van der Waals surface area contributed by atoms with Gasteiger partial charge in [0, 0.05) is 28.4 Å². The van der Waals surface area contributed by atoms with E-state index in [-0.39, 0.29) is 0 Å². The third kappa shape index (κ3) is 2.34. The molecule has 3 heteroatoms. The molecule has 0 spiro atoms. The third-order valence-corrected chi connectivity index (χ3v) is 6.92. The van der Waals surface area contributed by atoms with Gasteiger partial charge < -0.3 is 9.88 Å². The summed E-state index contributed by atoms with van der Waals surface area (Å²) in [6.07, 6.45) is 13.2. The van der Waals surface area contributed by atoms with Gasteiger partial charge in [-0.2, -0.15) is 0 Å². The number of nitrogens with zero attached hydrogens (tertiary/aromatic N) is 1. The van der Waals surface area contributed by atoms with E-state index in [9.17, 15) is 0 Å². The van der Waals surface area contributed by atoms with Crippen LogP contribution in [-0.2, 0) is 6.54 Å². The molecule has 27 heavy (non-hydrogen) atoms. The molecule has 136 valence electrons. The van der Waals surface area contributed by atoms with E-state index in [2.05, 4.69) is 67.3 Å². The molecule has 0 saturated carbocycles. The molecule has 2 nitrogen and oxygen atoms in total. The zero-order valence-corrected chi connectivity index (χ0v) is 16.7. The van der Waals surface area contributed by atoms with E-state index in [1.165, 1.54) is 28.0 Å². The highest BCUT2D eigenvalue weighted by atomic mass is 32.1. The molecule has 2 unspecified atom stereocenters. The number of aromatic amines is 1. The number of nitrogens with one attached hydrogen (secondary N) is 1. The molecule has 2 aliphatic heterocycles. The summed E-state index contributed by atoms with van der Waals surface area (Å²) in [4.78, 5) is 6.03. The van der Waals surface area contributed by atoms with Crippen molar-refractivity contribution < 1.29 is 0 Å². The number of allylic oxidation sites excluding steroid dienone is 6. The first-order valence-corrected chi connectivity index (χ1v) is 10.1. The summed E-state index contributed by atoms with van der Waals surface area (Å²) < 4.78 is 0.965. The van der Waals surface area contributed by atoms with Crippen LogP contribution in [0.1, 0.15) is 49.2 Å². The Morgan fingerprint density at radius 2 is 1.93 bits per heavy atom. The predicted molar refractivity (Wildman–Crippen MR) is 116 cm³/mol. The summed E-state index contributed by atoms with van der Waals surface area (Å²) in [5.74, 6) is 0.804. The molecular formula is C24H24N2S. The molecule has 4 aliphatic rings. The summed E-state index contributed by atoms with van der Waals surface area (Å²) in [7, 11) is 0. The third-order valence-electron chi connectivity index (χ3n) is 6.46. The number of hydrogen-bond donors (Lipinski definition) is 1. The average Bonchev–Trinajstić information content (AvgIpc) is 2.91. The maximum absolute atomic E-state index is 5.92. The van der Waals surface area contributed by atoms with Crippen LogP contribution in [0.25, 0.3) is 17.8 Å². The lowest BCUT2D eigenvalue weighted by Crippen LogP contribution is -2.24. The fourth-order valence-electron chi connectivity index (χ4n) is 4.63. The van der Waals surface area contributed by atoms with E-state index in [4.69, 9.17) is 12.2 Å². The minimum absolute atomic E-state index is 0.386. The van der Waals surface area contributed by atoms with Crippen molar-refractivity contribution in [2.45, 2.75) is 33.2 Å². The molecule has 0 amide bonds. The second-order valence-corrected chi connectivity index (χ2v) is 8.50. The van der Waals surface area contributed by atoms with Gasteiger partial charge in [-0.05, 0) is 42.1 Å². The van der Waals surface area contributed by atoms with E-state index < -0.39 is 0 Å². The maximum Gasteiger partial charge on any atom is 0.0691 e. The summed E-state index contributed by atoms with van der Waals surface area (Å²) in [5.41, 5.74) is 11.1. The minimum Gasteiger partial charge on any atom is -0.353 e. The minimum atomic E-state index is 0.386. The van der Waals surface area contributed by atoms with Crippen molar-refractivity contribution in [1.82, 2.24) is 9.88 Å². The second-order valence-electron chi connectivity index (χ2n) is 8.09. The standard InChI is InChI=1S/C24H24N2S/c1-13-5-8-18-21(10-6-13)25-23-20(24(18)27)12-26-16(4)17-9-7-14(2)15(3)19(17)11-22(23)26/h5-6,8,10-11,13,15H,2,4,7,9,12H2,1,3H3,(H,25,27). The van der Waals surface area contributed by atoms with E-state index >= 15 is 0 Å². The fourth-order valence-corrected chi connectivity index (χ4v) is 4.98. The van der Waals surface area contributed by atoms with Crippen molar-refractivity contribution in [3.05, 3.63) is 80.8 Å². The molecular weight excluding hydrogens is 348 g/mol. The van der Waals surface area contributed by atoms with Gasteiger partial charge in [-0.25, -0.2) is 0 Å². The van der Waals surface area contributed by atoms with E-state index in [0.717, 1.165) is 46.5 Å². The Kier molecular flexibility index (Phi) is 3.60. The molecule has 3 heterocycles. The maximum atomic E-state index is 5.92. The van der Waals surface area contributed by atoms with Gasteiger partial charge >= 0.3 is 0 Å². The second kappa shape index (κ2) is 5.80. The number of aromatic nitrogens is 1. The Bertz CT molecular complexity index is 1090. The highest BCUT2D eigenvalue weighted by Gasteiger charge is 2.36. The summed E-state index contributed by atoms with van der Waals surface area (Å²) >= 11 is 5.92. The molecule has 0 saturated heterocycles. The number of H-pyrrole nitrogens is 1. The molecule has 0 aromatic carbocycles. The van der Waals surface area contributed by atoms with Gasteiger partial charge in [0.05, 0.1) is 22.4 Å². The average molecular weight is 373 g/mol. The topological polar surface area (TPSA) is 19.0 Å². The van der Waals surface area contributed by atoms with Crippen molar-refractivity contribution in [2.24, 2.45) is 11.8 Å². The smallest absolute Gasteiger partial charge is 0.0691 e. The summed E-state index contributed by atoms with van der Waals surface area (Å²) in [6, 6.07) is 0. The van der Waals surface area contributed by atoms with Crippen molar-refractivity contribution >= 4 is 30.1 Å². The molecule has 1 N–H and O–H groups in total. The molecule has 0 bridgehead atoms. The molecule has 1 aromatic heterocycles. The first-order valence-electron chi connectivity index (χ1n) is 9.71. The van der Waals surface area contributed by atoms with Gasteiger partial charge in [0.25, 0.3) is 0 Å². The monoisotopic (exact) mass is 372 g/mol. The number of fused-ring (bicyclic) bond motifs is 4. The van der Waals surface area contributed by atoms with Crippen molar-refractivity contribution in [3.8, 4) is 0 Å². The quantitative estimate of drug-likeness (QED) is 0.420. The Morgan fingerprint density at radius 1 is 1.15 bits per heavy atom. The van der Waals surface area contributed by atoms with Crippen LogP contribution in [0, 0.1) is 16.3 Å². The Balaban J connectivity index is 1.71. The zero-order valence-electron chi connectivity index (χ0n) is 15.9. The van der Waals surface area contributed by atoms with Crippen molar-refractivity contribution in [2.75, 3.05) is 0 Å². The van der Waals surface area contributed by atoms with Crippen LogP contribution in [0.3, 0.4) is 0 Å². The highest BCUT2D eigenvalue weighted by molar-refractivity contribution is 7.71. The van der Waals surface area contributed by atoms with Crippen molar-refractivity contribution in [3.63, 3.8) is 0 Å². The van der Waals surface area contributed by atoms with Gasteiger partial charge in [0.2, 0.25) is 0 Å². The van der Waals surface area contributed by atoms with Crippen LogP contribution in [0.5, 0.6) is 0 Å².